The maximum absolute atomic E-state index is 11.1. The largest absolute Gasteiger partial charge is 0.489 e. The molecule has 0 radical (unpaired) electrons. The van der Waals surface area contributed by atoms with E-state index < -0.39 is 12.1 Å². The van der Waals surface area contributed by atoms with Gasteiger partial charge >= 0.3 is 5.97 Å². The van der Waals surface area contributed by atoms with E-state index in [2.05, 4.69) is 65.5 Å². The van der Waals surface area contributed by atoms with Crippen molar-refractivity contribution in [1.29, 1.82) is 0 Å². The first-order chi connectivity index (χ1) is 19.8. The maximum atomic E-state index is 11.1. The van der Waals surface area contributed by atoms with E-state index in [4.69, 9.17) is 14.6 Å². The van der Waals surface area contributed by atoms with Crippen LogP contribution in [-0.4, -0.2) is 65.8 Å². The van der Waals surface area contributed by atoms with E-state index in [0.29, 0.717) is 24.7 Å². The van der Waals surface area contributed by atoms with Crippen LogP contribution >= 0.6 is 11.8 Å². The molecule has 0 aliphatic carbocycles. The van der Waals surface area contributed by atoms with Gasteiger partial charge < -0.3 is 19.7 Å². The highest BCUT2D eigenvalue weighted by molar-refractivity contribution is 7.98. The minimum atomic E-state index is -1.01. The number of carboxylic acids is 1. The average molecular weight is 572 g/mol. The lowest BCUT2D eigenvalue weighted by molar-refractivity contribution is -0.144. The summed E-state index contributed by atoms with van der Waals surface area (Å²) < 4.78 is 11.6. The van der Waals surface area contributed by atoms with Crippen molar-refractivity contribution >= 4 is 23.3 Å². The molecule has 0 spiro atoms. The molecule has 0 saturated carbocycles. The fourth-order valence-electron chi connectivity index (χ4n) is 4.54. The second kappa shape index (κ2) is 14.8. The van der Waals surface area contributed by atoms with Crippen molar-refractivity contribution < 1.29 is 24.5 Å². The summed E-state index contributed by atoms with van der Waals surface area (Å²) in [6.45, 7) is 6.22. The lowest BCUT2D eigenvalue weighted by Gasteiger charge is -2.27. The molecule has 1 heterocycles. The van der Waals surface area contributed by atoms with Gasteiger partial charge in [0.05, 0.1) is 12.6 Å². The quantitative estimate of drug-likeness (QED) is 0.232. The van der Waals surface area contributed by atoms with Gasteiger partial charge in [0.2, 0.25) is 0 Å². The number of aliphatic carboxylic acids is 1. The average Bonchev–Trinajstić information content (AvgIpc) is 2.98. The number of likely N-dealkylation sites (tertiary alicyclic amines) is 1. The van der Waals surface area contributed by atoms with E-state index in [1.165, 1.54) is 11.8 Å². The zero-order valence-corrected chi connectivity index (χ0v) is 24.6. The molecular formula is C34H37NO5S. The highest BCUT2D eigenvalue weighted by atomic mass is 32.2. The molecule has 3 aromatic carbocycles. The summed E-state index contributed by atoms with van der Waals surface area (Å²) in [7, 11) is 0. The van der Waals surface area contributed by atoms with Crippen LogP contribution in [0.5, 0.6) is 11.5 Å². The number of aryl methyl sites for hydroxylation is 1. The second-order valence-electron chi connectivity index (χ2n) is 10.1. The third kappa shape index (κ3) is 8.89. The summed E-state index contributed by atoms with van der Waals surface area (Å²) in [5.74, 6) is 6.74. The Kier molecular flexibility index (Phi) is 10.9. The van der Waals surface area contributed by atoms with Crippen LogP contribution < -0.4 is 9.47 Å². The van der Waals surface area contributed by atoms with Gasteiger partial charge in [-0.15, -0.1) is 11.8 Å². The minimum Gasteiger partial charge on any atom is -0.489 e. The van der Waals surface area contributed by atoms with E-state index >= 15 is 0 Å². The Morgan fingerprint density at radius 2 is 1.73 bits per heavy atom. The van der Waals surface area contributed by atoms with E-state index in [1.54, 1.807) is 23.9 Å². The Balaban J connectivity index is 1.47. The van der Waals surface area contributed by atoms with Crippen molar-refractivity contribution in [3.05, 3.63) is 95.1 Å². The van der Waals surface area contributed by atoms with E-state index in [0.717, 1.165) is 53.8 Å². The van der Waals surface area contributed by atoms with Crippen molar-refractivity contribution in [2.24, 2.45) is 0 Å². The third-order valence-electron chi connectivity index (χ3n) is 7.02. The standard InChI is InChI=1S/C34H37NO5S/c1-24-23-30(12-15-33(24)40-25(2)34(37)38)39-22-18-32(28-10-13-31(41-3)14-11-28)27-8-6-26(7-9-27)5-4-19-35-20-16-29(36)17-21-35/h6-15,18,23,25,29,36H,16-17,19-22H2,1-3H3,(H,37,38)/b32-18+. The number of hydrogen-bond acceptors (Lipinski definition) is 6. The smallest absolute Gasteiger partial charge is 0.344 e. The number of thioether (sulfide) groups is 1. The molecule has 7 heteroatoms. The van der Waals surface area contributed by atoms with Gasteiger partial charge in [0, 0.05) is 23.5 Å². The number of piperidine rings is 1. The highest BCUT2D eigenvalue weighted by Crippen LogP contribution is 2.28. The van der Waals surface area contributed by atoms with Crippen molar-refractivity contribution in [2.45, 2.75) is 43.8 Å². The molecule has 2 N–H and O–H groups in total. The molecule has 0 amide bonds. The molecule has 6 nitrogen and oxygen atoms in total. The van der Waals surface area contributed by atoms with Crippen molar-refractivity contribution in [3.8, 4) is 23.3 Å². The first-order valence-corrected chi connectivity index (χ1v) is 15.0. The van der Waals surface area contributed by atoms with Gasteiger partial charge in [-0.2, -0.15) is 0 Å². The number of nitrogens with zero attached hydrogens (tertiary/aromatic N) is 1. The van der Waals surface area contributed by atoms with Crippen molar-refractivity contribution in [3.63, 3.8) is 0 Å². The number of ether oxygens (including phenoxy) is 2. The summed E-state index contributed by atoms with van der Waals surface area (Å²) in [5.41, 5.74) is 5.01. The number of carboxylic acid groups (broad SMARTS) is 1. The van der Waals surface area contributed by atoms with Gasteiger partial charge in [0.15, 0.2) is 6.10 Å². The number of rotatable bonds is 10. The first-order valence-electron chi connectivity index (χ1n) is 13.8. The Hall–Kier alpha value is -3.70. The number of carbonyl (C=O) groups is 1. The molecule has 1 fully saturated rings. The first kappa shape index (κ1) is 30.3. The fraction of sp³-hybridized carbons (Fsp3) is 0.324. The number of benzene rings is 3. The van der Waals surface area contributed by atoms with Crippen LogP contribution in [0, 0.1) is 18.8 Å². The molecule has 41 heavy (non-hydrogen) atoms. The van der Waals surface area contributed by atoms with Crippen LogP contribution in [0.3, 0.4) is 0 Å². The summed E-state index contributed by atoms with van der Waals surface area (Å²) in [5, 5.41) is 18.8. The number of aliphatic hydroxyl groups excluding tert-OH is 1. The van der Waals surface area contributed by atoms with Crippen LogP contribution in [0.25, 0.3) is 5.57 Å². The van der Waals surface area contributed by atoms with E-state index in [-0.39, 0.29) is 6.10 Å². The molecular weight excluding hydrogens is 534 g/mol. The Morgan fingerprint density at radius 1 is 1.07 bits per heavy atom. The molecule has 4 rings (SSSR count). The van der Waals surface area contributed by atoms with E-state index in [9.17, 15) is 9.90 Å². The zero-order chi connectivity index (χ0) is 29.2. The molecule has 214 valence electrons. The predicted molar refractivity (Wildman–Crippen MR) is 165 cm³/mol. The van der Waals surface area contributed by atoms with Gasteiger partial charge in [-0.3, -0.25) is 4.90 Å². The Bertz CT molecular complexity index is 1400. The molecule has 1 aliphatic rings. The Morgan fingerprint density at radius 3 is 2.34 bits per heavy atom. The molecule has 3 aromatic rings. The van der Waals surface area contributed by atoms with Crippen LogP contribution in [0.4, 0.5) is 0 Å². The summed E-state index contributed by atoms with van der Waals surface area (Å²) in [6, 6.07) is 22.2. The van der Waals surface area contributed by atoms with Crippen LogP contribution in [0.15, 0.2) is 77.7 Å². The predicted octanol–water partition coefficient (Wildman–Crippen LogP) is 5.89. The van der Waals surface area contributed by atoms with Crippen LogP contribution in [-0.2, 0) is 4.79 Å². The maximum Gasteiger partial charge on any atom is 0.344 e. The SMILES string of the molecule is CSc1ccc(/C(=C/COc2ccc(OC(C)C(=O)O)c(C)c2)c2ccc(C#CCN3CCC(O)CC3)cc2)cc1. The van der Waals surface area contributed by atoms with Gasteiger partial charge in [0.25, 0.3) is 0 Å². The van der Waals surface area contributed by atoms with Gasteiger partial charge in [-0.05, 0) is 104 Å². The second-order valence-corrected chi connectivity index (χ2v) is 10.9. The van der Waals surface area contributed by atoms with Crippen molar-refractivity contribution in [2.75, 3.05) is 32.5 Å². The Labute approximate surface area is 247 Å². The zero-order valence-electron chi connectivity index (χ0n) is 23.8. The summed E-state index contributed by atoms with van der Waals surface area (Å²) in [6.07, 6.45) is 4.68. The van der Waals surface area contributed by atoms with Crippen LogP contribution in [0.1, 0.15) is 42.0 Å². The van der Waals surface area contributed by atoms with Gasteiger partial charge in [0.1, 0.15) is 18.1 Å². The molecule has 1 unspecified atom stereocenters. The number of aliphatic hydroxyl groups is 1. The lowest BCUT2D eigenvalue weighted by Crippen LogP contribution is -2.35. The van der Waals surface area contributed by atoms with Gasteiger partial charge in [-0.25, -0.2) is 4.79 Å². The summed E-state index contributed by atoms with van der Waals surface area (Å²) >= 11 is 1.71. The van der Waals surface area contributed by atoms with Crippen molar-refractivity contribution in [1.82, 2.24) is 4.90 Å². The molecule has 0 aromatic heterocycles. The summed E-state index contributed by atoms with van der Waals surface area (Å²) in [4.78, 5) is 14.6. The normalized spacial score (nSPS) is 15.1. The van der Waals surface area contributed by atoms with Gasteiger partial charge in [-0.1, -0.05) is 36.1 Å². The molecule has 1 aliphatic heterocycles. The fourth-order valence-corrected chi connectivity index (χ4v) is 4.95. The highest BCUT2D eigenvalue weighted by Gasteiger charge is 2.16. The lowest BCUT2D eigenvalue weighted by atomic mass is 9.97. The monoisotopic (exact) mass is 571 g/mol. The molecule has 1 atom stereocenters. The molecule has 0 bridgehead atoms. The topological polar surface area (TPSA) is 79.2 Å². The van der Waals surface area contributed by atoms with E-state index in [1.807, 2.05) is 25.1 Å². The van der Waals surface area contributed by atoms with Crippen LogP contribution in [0.2, 0.25) is 0 Å². The third-order valence-corrected chi connectivity index (χ3v) is 7.77. The number of hydrogen-bond donors (Lipinski definition) is 2. The molecule has 1 saturated heterocycles. The minimum absolute atomic E-state index is 0.171.